The lowest BCUT2D eigenvalue weighted by molar-refractivity contribution is 0.422. The average Bonchev–Trinajstić information content (AvgIpc) is 2.74. The molecule has 1 saturated heterocycles. The summed E-state index contributed by atoms with van der Waals surface area (Å²) in [6.07, 6.45) is 8.54. The molecule has 1 aromatic heterocycles. The average molecular weight is 278 g/mol. The molecule has 3 nitrogen and oxygen atoms in total. The van der Waals surface area contributed by atoms with Crippen LogP contribution in [0.3, 0.4) is 0 Å². The van der Waals surface area contributed by atoms with Crippen molar-refractivity contribution in [2.45, 2.75) is 44.6 Å². The van der Waals surface area contributed by atoms with Gasteiger partial charge in [-0.3, -0.25) is 0 Å². The highest BCUT2D eigenvalue weighted by Gasteiger charge is 2.22. The lowest BCUT2D eigenvalue weighted by Gasteiger charge is -2.25. The second kappa shape index (κ2) is 6.62. The number of hydrogen-bond donors (Lipinski definition) is 1. The third-order valence-corrected chi connectivity index (χ3v) is 3.76. The Hall–Kier alpha value is -0.250. The molecule has 0 radical (unpaired) electrons. The summed E-state index contributed by atoms with van der Waals surface area (Å²) >= 11 is 0. The number of aryl methyl sites for hydroxylation is 1. The van der Waals surface area contributed by atoms with E-state index < -0.39 is 0 Å². The Labute approximate surface area is 115 Å². The van der Waals surface area contributed by atoms with E-state index in [0.29, 0.717) is 0 Å². The van der Waals surface area contributed by atoms with Gasteiger partial charge in [-0.15, -0.1) is 24.8 Å². The van der Waals surface area contributed by atoms with E-state index in [1.165, 1.54) is 63.3 Å². The number of rotatable bonds is 1. The van der Waals surface area contributed by atoms with Crippen LogP contribution in [0.1, 0.15) is 43.1 Å². The molecule has 2 aliphatic heterocycles. The van der Waals surface area contributed by atoms with Crippen molar-refractivity contribution < 1.29 is 0 Å². The Bertz CT molecular complexity index is 346. The molecule has 1 N–H and O–H groups in total. The second-order valence-corrected chi connectivity index (χ2v) is 4.73. The molecule has 0 spiro atoms. The number of nitrogens with one attached hydrogen (secondary N) is 1. The number of piperidine rings is 1. The van der Waals surface area contributed by atoms with Gasteiger partial charge in [-0.05, 0) is 38.8 Å². The van der Waals surface area contributed by atoms with Crippen molar-refractivity contribution in [2.24, 2.45) is 0 Å². The van der Waals surface area contributed by atoms with E-state index in [4.69, 9.17) is 0 Å². The van der Waals surface area contributed by atoms with Gasteiger partial charge in [0.25, 0.3) is 0 Å². The minimum atomic E-state index is 0. The minimum Gasteiger partial charge on any atom is -0.332 e. The van der Waals surface area contributed by atoms with Crippen molar-refractivity contribution in [3.05, 3.63) is 17.7 Å². The van der Waals surface area contributed by atoms with Crippen LogP contribution >= 0.6 is 24.8 Å². The lowest BCUT2D eigenvalue weighted by Crippen LogP contribution is -2.28. The summed E-state index contributed by atoms with van der Waals surface area (Å²) in [4.78, 5) is 4.57. The second-order valence-electron chi connectivity index (χ2n) is 4.73. The first-order valence-corrected chi connectivity index (χ1v) is 6.20. The van der Waals surface area contributed by atoms with Crippen molar-refractivity contribution in [2.75, 3.05) is 13.1 Å². The zero-order valence-electron chi connectivity index (χ0n) is 10.0. The van der Waals surface area contributed by atoms with Crippen molar-refractivity contribution >= 4 is 24.8 Å². The van der Waals surface area contributed by atoms with Crippen LogP contribution in [-0.2, 0) is 13.0 Å². The van der Waals surface area contributed by atoms with E-state index in [2.05, 4.69) is 21.1 Å². The molecule has 0 aliphatic carbocycles. The summed E-state index contributed by atoms with van der Waals surface area (Å²) in [5.41, 5.74) is 1.51. The predicted octanol–water partition coefficient (Wildman–Crippen LogP) is 2.53. The maximum absolute atomic E-state index is 4.57. The highest BCUT2D eigenvalue weighted by atomic mass is 35.5. The first kappa shape index (κ1) is 14.8. The van der Waals surface area contributed by atoms with E-state index in [1.54, 1.807) is 0 Å². The smallest absolute Gasteiger partial charge is 0.108 e. The summed E-state index contributed by atoms with van der Waals surface area (Å²) in [5.74, 6) is 2.08. The molecule has 0 amide bonds. The van der Waals surface area contributed by atoms with Gasteiger partial charge < -0.3 is 9.88 Å². The van der Waals surface area contributed by atoms with Crippen molar-refractivity contribution in [1.29, 1.82) is 0 Å². The van der Waals surface area contributed by atoms with Crippen molar-refractivity contribution in [1.82, 2.24) is 14.9 Å². The van der Waals surface area contributed by atoms with E-state index in [0.717, 1.165) is 5.92 Å². The molecular formula is C12H21Cl2N3. The largest absolute Gasteiger partial charge is 0.332 e. The zero-order chi connectivity index (χ0) is 10.1. The fourth-order valence-corrected chi connectivity index (χ4v) is 2.88. The molecule has 1 fully saturated rings. The fraction of sp³-hybridized carbons (Fsp3) is 0.750. The van der Waals surface area contributed by atoms with E-state index in [-0.39, 0.29) is 24.8 Å². The van der Waals surface area contributed by atoms with Crippen LogP contribution in [0.2, 0.25) is 0 Å². The summed E-state index contributed by atoms with van der Waals surface area (Å²) in [5, 5.41) is 3.43. The molecule has 3 heterocycles. The molecule has 1 aromatic rings. The Morgan fingerprint density at radius 2 is 1.94 bits per heavy atom. The standard InChI is InChI=1S/C12H19N3.2ClH/c1-2-8-15-11(9-14-12(15)3-1)10-4-6-13-7-5-10;;/h9-10,13H,1-8H2;2*1H. The van der Waals surface area contributed by atoms with Crippen LogP contribution < -0.4 is 5.32 Å². The Kier molecular flexibility index (Phi) is 5.77. The van der Waals surface area contributed by atoms with Crippen molar-refractivity contribution in [3.63, 3.8) is 0 Å². The Morgan fingerprint density at radius 3 is 2.71 bits per heavy atom. The molecule has 0 saturated carbocycles. The highest BCUT2D eigenvalue weighted by molar-refractivity contribution is 5.85. The van der Waals surface area contributed by atoms with Gasteiger partial charge in [0.2, 0.25) is 0 Å². The summed E-state index contributed by atoms with van der Waals surface area (Å²) in [7, 11) is 0. The zero-order valence-corrected chi connectivity index (χ0v) is 11.7. The van der Waals surface area contributed by atoms with Crippen LogP contribution in [0.25, 0.3) is 0 Å². The molecular weight excluding hydrogens is 257 g/mol. The van der Waals surface area contributed by atoms with Gasteiger partial charge in [-0.1, -0.05) is 0 Å². The van der Waals surface area contributed by atoms with Gasteiger partial charge in [0.1, 0.15) is 5.82 Å². The monoisotopic (exact) mass is 277 g/mol. The molecule has 2 aliphatic rings. The quantitative estimate of drug-likeness (QED) is 0.855. The number of aromatic nitrogens is 2. The van der Waals surface area contributed by atoms with E-state index in [9.17, 15) is 0 Å². The maximum Gasteiger partial charge on any atom is 0.108 e. The van der Waals surface area contributed by atoms with Crippen LogP contribution in [0, 0.1) is 0 Å². The van der Waals surface area contributed by atoms with Crippen LogP contribution in [0.5, 0.6) is 0 Å². The highest BCUT2D eigenvalue weighted by Crippen LogP contribution is 2.28. The van der Waals surface area contributed by atoms with E-state index in [1.807, 2.05) is 0 Å². The number of imidazole rings is 1. The molecule has 0 aromatic carbocycles. The first-order chi connectivity index (χ1) is 7.45. The summed E-state index contributed by atoms with van der Waals surface area (Å²) in [6, 6.07) is 0. The molecule has 98 valence electrons. The lowest BCUT2D eigenvalue weighted by atomic mass is 9.94. The molecule has 3 rings (SSSR count). The number of fused-ring (bicyclic) bond motifs is 1. The van der Waals surface area contributed by atoms with Gasteiger partial charge in [0.05, 0.1) is 0 Å². The number of halogens is 2. The predicted molar refractivity (Wildman–Crippen MR) is 74.5 cm³/mol. The normalized spacial score (nSPS) is 20.0. The fourth-order valence-electron chi connectivity index (χ4n) is 2.88. The van der Waals surface area contributed by atoms with Gasteiger partial charge in [-0.2, -0.15) is 0 Å². The van der Waals surface area contributed by atoms with E-state index >= 15 is 0 Å². The maximum atomic E-state index is 4.57. The van der Waals surface area contributed by atoms with Gasteiger partial charge in [0, 0.05) is 30.8 Å². The van der Waals surface area contributed by atoms with Gasteiger partial charge in [-0.25, -0.2) is 4.98 Å². The summed E-state index contributed by atoms with van der Waals surface area (Å²) < 4.78 is 2.49. The van der Waals surface area contributed by atoms with Crippen LogP contribution in [0.15, 0.2) is 6.20 Å². The number of hydrogen-bond acceptors (Lipinski definition) is 2. The van der Waals surface area contributed by atoms with Crippen molar-refractivity contribution in [3.8, 4) is 0 Å². The van der Waals surface area contributed by atoms with Gasteiger partial charge in [0.15, 0.2) is 0 Å². The van der Waals surface area contributed by atoms with Gasteiger partial charge >= 0.3 is 0 Å². The molecule has 5 heteroatoms. The summed E-state index contributed by atoms with van der Waals surface area (Å²) in [6.45, 7) is 3.55. The van der Waals surface area contributed by atoms with Crippen LogP contribution in [0.4, 0.5) is 0 Å². The SMILES string of the molecule is Cl.Cl.c1nc2n(c1C1CCNCC1)CCCC2. The third kappa shape index (κ3) is 2.95. The van der Waals surface area contributed by atoms with Crippen LogP contribution in [-0.4, -0.2) is 22.6 Å². The Morgan fingerprint density at radius 1 is 1.18 bits per heavy atom. The molecule has 0 unspecified atom stereocenters. The molecule has 0 bridgehead atoms. The first-order valence-electron chi connectivity index (χ1n) is 6.20. The third-order valence-electron chi connectivity index (χ3n) is 3.76. The number of nitrogens with zero attached hydrogens (tertiary/aromatic N) is 2. The molecule has 0 atom stereocenters. The molecule has 17 heavy (non-hydrogen) atoms. The minimum absolute atomic E-state index is 0. The topological polar surface area (TPSA) is 29.9 Å². The Balaban J connectivity index is 0.000000722.